The fourth-order valence-electron chi connectivity index (χ4n) is 3.34. The number of rotatable bonds is 6. The highest BCUT2D eigenvalue weighted by molar-refractivity contribution is 6.08. The summed E-state index contributed by atoms with van der Waals surface area (Å²) in [6.45, 7) is 9.41. The number of amides is 1. The smallest absolute Gasteiger partial charge is 0.253 e. The third-order valence-corrected chi connectivity index (χ3v) is 4.92. The third kappa shape index (κ3) is 3.35. The summed E-state index contributed by atoms with van der Waals surface area (Å²) in [7, 11) is 0. The molecule has 0 radical (unpaired) electrons. The van der Waals surface area contributed by atoms with Crippen molar-refractivity contribution in [2.45, 2.75) is 20.8 Å². The summed E-state index contributed by atoms with van der Waals surface area (Å²) >= 11 is 0. The van der Waals surface area contributed by atoms with Crippen molar-refractivity contribution in [2.24, 2.45) is 0 Å². The molecular formula is C21H25N3O2. The fourth-order valence-corrected chi connectivity index (χ4v) is 3.34. The number of aromatic nitrogens is 1. The zero-order chi connectivity index (χ0) is 18.7. The van der Waals surface area contributed by atoms with E-state index in [1.165, 1.54) is 0 Å². The number of aryl methyl sites for hydroxylation is 1. The molecule has 0 saturated heterocycles. The summed E-state index contributed by atoms with van der Waals surface area (Å²) in [5, 5.41) is 4.18. The Labute approximate surface area is 153 Å². The Morgan fingerprint density at radius 1 is 1.08 bits per heavy atom. The van der Waals surface area contributed by atoms with Crippen molar-refractivity contribution in [1.82, 2.24) is 15.2 Å². The maximum atomic E-state index is 12.8. The van der Waals surface area contributed by atoms with Gasteiger partial charge in [0.15, 0.2) is 5.43 Å². The van der Waals surface area contributed by atoms with E-state index < -0.39 is 0 Å². The molecule has 0 aliphatic rings. The summed E-state index contributed by atoms with van der Waals surface area (Å²) in [5.41, 5.74) is 2.70. The molecule has 3 aromatic rings. The molecule has 1 heterocycles. The van der Waals surface area contributed by atoms with Crippen LogP contribution in [0.25, 0.3) is 21.8 Å². The summed E-state index contributed by atoms with van der Waals surface area (Å²) in [6.07, 6.45) is 0. The van der Waals surface area contributed by atoms with Crippen LogP contribution in [-0.4, -0.2) is 42.0 Å². The average molecular weight is 351 g/mol. The van der Waals surface area contributed by atoms with Crippen LogP contribution in [0.5, 0.6) is 0 Å². The van der Waals surface area contributed by atoms with Gasteiger partial charge in [-0.05, 0) is 43.8 Å². The van der Waals surface area contributed by atoms with E-state index in [1.807, 2.05) is 31.2 Å². The molecule has 0 unspecified atom stereocenters. The van der Waals surface area contributed by atoms with Gasteiger partial charge in [0, 0.05) is 29.4 Å². The number of nitrogens with one attached hydrogen (secondary N) is 2. The molecule has 5 nitrogen and oxygen atoms in total. The highest BCUT2D eigenvalue weighted by Crippen LogP contribution is 2.21. The molecule has 136 valence electrons. The Morgan fingerprint density at radius 3 is 2.54 bits per heavy atom. The van der Waals surface area contributed by atoms with Crippen molar-refractivity contribution in [2.75, 3.05) is 26.2 Å². The molecule has 2 N–H and O–H groups in total. The molecule has 0 aliphatic heterocycles. The zero-order valence-electron chi connectivity index (χ0n) is 15.6. The van der Waals surface area contributed by atoms with E-state index in [0.717, 1.165) is 30.7 Å². The van der Waals surface area contributed by atoms with Gasteiger partial charge in [-0.1, -0.05) is 32.0 Å². The summed E-state index contributed by atoms with van der Waals surface area (Å²) in [4.78, 5) is 31.2. The second-order valence-electron chi connectivity index (χ2n) is 6.46. The van der Waals surface area contributed by atoms with Crippen molar-refractivity contribution in [3.05, 3.63) is 57.7 Å². The molecule has 0 atom stereocenters. The molecule has 1 aromatic heterocycles. The monoisotopic (exact) mass is 351 g/mol. The van der Waals surface area contributed by atoms with Gasteiger partial charge in [0.05, 0.1) is 11.1 Å². The van der Waals surface area contributed by atoms with Crippen molar-refractivity contribution >= 4 is 27.7 Å². The van der Waals surface area contributed by atoms with Gasteiger partial charge in [-0.2, -0.15) is 0 Å². The number of fused-ring (bicyclic) bond motifs is 2. The lowest BCUT2D eigenvalue weighted by atomic mass is 10.0. The van der Waals surface area contributed by atoms with E-state index in [1.54, 1.807) is 12.1 Å². The molecular weight excluding hydrogens is 326 g/mol. The highest BCUT2D eigenvalue weighted by Gasteiger charge is 2.16. The lowest BCUT2D eigenvalue weighted by molar-refractivity contribution is 0.0950. The van der Waals surface area contributed by atoms with Crippen molar-refractivity contribution in [1.29, 1.82) is 0 Å². The first-order valence-electron chi connectivity index (χ1n) is 9.11. The minimum atomic E-state index is -0.147. The maximum Gasteiger partial charge on any atom is 0.253 e. The van der Waals surface area contributed by atoms with E-state index in [9.17, 15) is 9.59 Å². The van der Waals surface area contributed by atoms with Gasteiger partial charge < -0.3 is 15.2 Å². The number of para-hydroxylation sites is 1. The number of carbonyl (C=O) groups is 1. The van der Waals surface area contributed by atoms with Crippen LogP contribution in [0.15, 0.2) is 41.2 Å². The number of aromatic amines is 1. The number of hydrogen-bond acceptors (Lipinski definition) is 3. The standard InChI is InChI=1S/C21H25N3O2/c1-4-24(5-2)13-12-22-21(26)18-14(3)10-11-16-19(18)23-17-9-7-6-8-15(17)20(16)25/h6-11H,4-5,12-13H2,1-3H3,(H,22,26)(H,23,25). The van der Waals surface area contributed by atoms with E-state index in [-0.39, 0.29) is 11.3 Å². The first-order chi connectivity index (χ1) is 12.6. The van der Waals surface area contributed by atoms with Crippen LogP contribution in [0, 0.1) is 6.92 Å². The molecule has 0 aliphatic carbocycles. The normalized spacial score (nSPS) is 11.4. The predicted octanol–water partition coefficient (Wildman–Crippen LogP) is 3.06. The number of benzene rings is 2. The molecule has 2 aromatic carbocycles. The van der Waals surface area contributed by atoms with Gasteiger partial charge >= 0.3 is 0 Å². The minimum absolute atomic E-state index is 0.0495. The quantitative estimate of drug-likeness (QED) is 0.671. The van der Waals surface area contributed by atoms with Crippen LogP contribution in [0.1, 0.15) is 29.8 Å². The number of nitrogens with zero attached hydrogens (tertiary/aromatic N) is 1. The van der Waals surface area contributed by atoms with Crippen LogP contribution < -0.4 is 10.7 Å². The Kier molecular flexibility index (Phi) is 5.38. The zero-order valence-corrected chi connectivity index (χ0v) is 15.6. The topological polar surface area (TPSA) is 65.2 Å². The lowest BCUT2D eigenvalue weighted by Gasteiger charge is -2.18. The van der Waals surface area contributed by atoms with E-state index in [4.69, 9.17) is 0 Å². The number of H-pyrrole nitrogens is 1. The summed E-state index contributed by atoms with van der Waals surface area (Å²) in [6, 6.07) is 11.0. The molecule has 0 fully saturated rings. The molecule has 1 amide bonds. The van der Waals surface area contributed by atoms with Crippen molar-refractivity contribution in [3.8, 4) is 0 Å². The third-order valence-electron chi connectivity index (χ3n) is 4.92. The first-order valence-corrected chi connectivity index (χ1v) is 9.11. The second kappa shape index (κ2) is 7.70. The molecule has 0 spiro atoms. The number of pyridine rings is 1. The summed E-state index contributed by atoms with van der Waals surface area (Å²) < 4.78 is 0. The second-order valence-corrected chi connectivity index (χ2v) is 6.46. The molecule has 0 saturated carbocycles. The van der Waals surface area contributed by atoms with Crippen molar-refractivity contribution in [3.63, 3.8) is 0 Å². The van der Waals surface area contributed by atoms with Crippen molar-refractivity contribution < 1.29 is 4.79 Å². The van der Waals surface area contributed by atoms with Crippen LogP contribution in [0.2, 0.25) is 0 Å². The minimum Gasteiger partial charge on any atom is -0.354 e. The largest absolute Gasteiger partial charge is 0.354 e. The molecule has 0 bridgehead atoms. The van der Waals surface area contributed by atoms with Gasteiger partial charge in [0.25, 0.3) is 5.91 Å². The Balaban J connectivity index is 2.01. The van der Waals surface area contributed by atoms with Crippen LogP contribution >= 0.6 is 0 Å². The Bertz CT molecular complexity index is 1000. The SMILES string of the molecule is CCN(CC)CCNC(=O)c1c(C)ccc2c(=O)c3ccccc3[nH]c12. The van der Waals surface area contributed by atoms with Crippen LogP contribution in [-0.2, 0) is 0 Å². The number of carbonyl (C=O) groups excluding carboxylic acids is 1. The molecule has 26 heavy (non-hydrogen) atoms. The number of hydrogen-bond donors (Lipinski definition) is 2. The Hall–Kier alpha value is -2.66. The predicted molar refractivity (Wildman–Crippen MR) is 107 cm³/mol. The number of likely N-dealkylation sites (N-methyl/N-ethyl adjacent to an activating group) is 1. The van der Waals surface area contributed by atoms with E-state index in [0.29, 0.717) is 28.4 Å². The lowest BCUT2D eigenvalue weighted by Crippen LogP contribution is -2.35. The van der Waals surface area contributed by atoms with Gasteiger partial charge in [-0.25, -0.2) is 0 Å². The Morgan fingerprint density at radius 2 is 1.81 bits per heavy atom. The fraction of sp³-hybridized carbons (Fsp3) is 0.333. The van der Waals surface area contributed by atoms with E-state index >= 15 is 0 Å². The first kappa shape index (κ1) is 18.1. The molecule has 5 heteroatoms. The highest BCUT2D eigenvalue weighted by atomic mass is 16.1. The molecule has 3 rings (SSSR count). The van der Waals surface area contributed by atoms with Crippen LogP contribution in [0.3, 0.4) is 0 Å². The van der Waals surface area contributed by atoms with Gasteiger partial charge in [0.1, 0.15) is 0 Å². The maximum absolute atomic E-state index is 12.8. The summed E-state index contributed by atoms with van der Waals surface area (Å²) in [5.74, 6) is -0.147. The van der Waals surface area contributed by atoms with Gasteiger partial charge in [0.2, 0.25) is 0 Å². The van der Waals surface area contributed by atoms with Crippen LogP contribution in [0.4, 0.5) is 0 Å². The van der Waals surface area contributed by atoms with Gasteiger partial charge in [-0.15, -0.1) is 0 Å². The average Bonchev–Trinajstić information content (AvgIpc) is 2.65. The van der Waals surface area contributed by atoms with Gasteiger partial charge in [-0.3, -0.25) is 9.59 Å². The van der Waals surface area contributed by atoms with E-state index in [2.05, 4.69) is 29.0 Å².